The fourth-order valence-electron chi connectivity index (χ4n) is 3.19. The summed E-state index contributed by atoms with van der Waals surface area (Å²) in [5.74, 6) is -0.374. The topological polar surface area (TPSA) is 95.2 Å². The molecule has 0 bridgehead atoms. The second-order valence-corrected chi connectivity index (χ2v) is 8.40. The number of aromatic nitrogens is 2. The lowest BCUT2D eigenvalue weighted by molar-refractivity contribution is -0.126. The van der Waals surface area contributed by atoms with Crippen molar-refractivity contribution in [1.82, 2.24) is 19.6 Å². The van der Waals surface area contributed by atoms with Gasteiger partial charge in [0.05, 0.1) is 18.4 Å². The fourth-order valence-corrected chi connectivity index (χ4v) is 4.61. The van der Waals surface area contributed by atoms with Crippen LogP contribution < -0.4 is 5.32 Å². The number of hydrogen-bond donors (Lipinski definition) is 2. The molecule has 0 saturated carbocycles. The first kappa shape index (κ1) is 18.6. The van der Waals surface area contributed by atoms with E-state index in [9.17, 15) is 13.2 Å². The van der Waals surface area contributed by atoms with E-state index in [-0.39, 0.29) is 23.4 Å². The van der Waals surface area contributed by atoms with Gasteiger partial charge in [0.1, 0.15) is 0 Å². The Morgan fingerprint density at radius 2 is 2.12 bits per heavy atom. The SMILES string of the molecule is O=C(NCCCc1ccccc1)C1CCCN(S(=O)(=O)c2cnc[nH]2)C1. The Bertz CT molecular complexity index is 806. The predicted molar refractivity (Wildman–Crippen MR) is 97.8 cm³/mol. The Balaban J connectivity index is 1.49. The third-order valence-corrected chi connectivity index (χ3v) is 6.42. The second kappa shape index (κ2) is 8.46. The Morgan fingerprint density at radius 3 is 2.85 bits per heavy atom. The molecule has 0 radical (unpaired) electrons. The molecule has 1 aliphatic heterocycles. The van der Waals surface area contributed by atoms with Crippen molar-refractivity contribution < 1.29 is 13.2 Å². The van der Waals surface area contributed by atoms with Gasteiger partial charge in [-0.15, -0.1) is 0 Å². The molecule has 1 unspecified atom stereocenters. The number of rotatable bonds is 7. The monoisotopic (exact) mass is 376 g/mol. The molecular formula is C18H24N4O3S. The van der Waals surface area contributed by atoms with E-state index in [1.54, 1.807) is 0 Å². The predicted octanol–water partition coefficient (Wildman–Crippen LogP) is 1.56. The minimum absolute atomic E-state index is 0.0671. The Hall–Kier alpha value is -2.19. The molecule has 1 aromatic carbocycles. The van der Waals surface area contributed by atoms with Gasteiger partial charge >= 0.3 is 0 Å². The minimum atomic E-state index is -3.61. The molecule has 1 aliphatic rings. The molecule has 0 aliphatic carbocycles. The molecule has 8 heteroatoms. The molecule has 2 heterocycles. The standard InChI is InChI=1S/C18H24N4O3S/c23-18(20-10-4-8-15-6-2-1-3-7-15)16-9-5-11-22(13-16)26(24,25)17-12-19-14-21-17/h1-3,6-7,12,14,16H,4-5,8-11,13H2,(H,19,21)(H,20,23). The number of amides is 1. The van der Waals surface area contributed by atoms with Gasteiger partial charge in [-0.1, -0.05) is 30.3 Å². The minimum Gasteiger partial charge on any atom is -0.356 e. The van der Waals surface area contributed by atoms with Crippen LogP contribution in [-0.4, -0.2) is 48.2 Å². The lowest BCUT2D eigenvalue weighted by Gasteiger charge is -2.30. The zero-order valence-electron chi connectivity index (χ0n) is 14.6. The number of nitrogens with zero attached hydrogens (tertiary/aromatic N) is 2. The maximum absolute atomic E-state index is 12.6. The zero-order chi connectivity index (χ0) is 18.4. The first-order valence-electron chi connectivity index (χ1n) is 8.87. The van der Waals surface area contributed by atoms with Gasteiger partial charge in [-0.2, -0.15) is 4.31 Å². The van der Waals surface area contributed by atoms with Crippen LogP contribution in [0, 0.1) is 5.92 Å². The van der Waals surface area contributed by atoms with Gasteiger partial charge in [0.25, 0.3) is 10.0 Å². The maximum atomic E-state index is 12.6. The zero-order valence-corrected chi connectivity index (χ0v) is 15.4. The van der Waals surface area contributed by atoms with Crippen LogP contribution in [0.5, 0.6) is 0 Å². The third kappa shape index (κ3) is 4.50. The number of carbonyl (C=O) groups excluding carboxylic acids is 1. The number of hydrogen-bond acceptors (Lipinski definition) is 4. The van der Waals surface area contributed by atoms with Crippen molar-refractivity contribution >= 4 is 15.9 Å². The molecule has 7 nitrogen and oxygen atoms in total. The molecule has 1 aromatic heterocycles. The average Bonchev–Trinajstić information content (AvgIpc) is 3.22. The number of sulfonamides is 1. The van der Waals surface area contributed by atoms with Crippen LogP contribution in [0.25, 0.3) is 0 Å². The lowest BCUT2D eigenvalue weighted by Crippen LogP contribution is -2.45. The smallest absolute Gasteiger partial charge is 0.260 e. The third-order valence-electron chi connectivity index (χ3n) is 4.63. The highest BCUT2D eigenvalue weighted by Gasteiger charge is 2.33. The summed E-state index contributed by atoms with van der Waals surface area (Å²) >= 11 is 0. The van der Waals surface area contributed by atoms with E-state index in [0.29, 0.717) is 25.9 Å². The molecule has 1 saturated heterocycles. The van der Waals surface area contributed by atoms with Crippen molar-refractivity contribution in [3.63, 3.8) is 0 Å². The molecule has 3 rings (SSSR count). The van der Waals surface area contributed by atoms with Crippen LogP contribution in [0.2, 0.25) is 0 Å². The molecular weight excluding hydrogens is 352 g/mol. The first-order chi connectivity index (χ1) is 12.6. The van der Waals surface area contributed by atoms with Crippen molar-refractivity contribution in [3.05, 3.63) is 48.4 Å². The highest BCUT2D eigenvalue weighted by molar-refractivity contribution is 7.89. The maximum Gasteiger partial charge on any atom is 0.260 e. The number of benzene rings is 1. The van der Waals surface area contributed by atoms with Gasteiger partial charge in [0, 0.05) is 19.6 Å². The second-order valence-electron chi connectivity index (χ2n) is 6.50. The van der Waals surface area contributed by atoms with Gasteiger partial charge in [0.15, 0.2) is 5.03 Å². The van der Waals surface area contributed by atoms with Crippen LogP contribution >= 0.6 is 0 Å². The molecule has 1 fully saturated rings. The molecule has 2 N–H and O–H groups in total. The molecule has 0 spiro atoms. The summed E-state index contributed by atoms with van der Waals surface area (Å²) in [5, 5.41) is 3.02. The van der Waals surface area contributed by atoms with Gasteiger partial charge in [-0.3, -0.25) is 4.79 Å². The van der Waals surface area contributed by atoms with E-state index in [4.69, 9.17) is 0 Å². The molecule has 26 heavy (non-hydrogen) atoms. The van der Waals surface area contributed by atoms with Crippen molar-refractivity contribution in [1.29, 1.82) is 0 Å². The van der Waals surface area contributed by atoms with Crippen molar-refractivity contribution in [2.75, 3.05) is 19.6 Å². The van der Waals surface area contributed by atoms with E-state index in [0.717, 1.165) is 12.8 Å². The quantitative estimate of drug-likeness (QED) is 0.717. The highest BCUT2D eigenvalue weighted by atomic mass is 32.2. The molecule has 1 atom stereocenters. The van der Waals surface area contributed by atoms with E-state index >= 15 is 0 Å². The Labute approximate surface area is 153 Å². The first-order valence-corrected chi connectivity index (χ1v) is 10.3. The number of imidazole rings is 1. The number of H-pyrrole nitrogens is 1. The number of nitrogens with one attached hydrogen (secondary N) is 2. The summed E-state index contributed by atoms with van der Waals surface area (Å²) in [7, 11) is -3.61. The number of aromatic amines is 1. The van der Waals surface area contributed by atoms with Gasteiger partial charge in [0.2, 0.25) is 5.91 Å². The Kier molecular flexibility index (Phi) is 6.05. The lowest BCUT2D eigenvalue weighted by atomic mass is 9.99. The van der Waals surface area contributed by atoms with Crippen molar-refractivity contribution in [3.8, 4) is 0 Å². The van der Waals surface area contributed by atoms with E-state index in [1.807, 2.05) is 18.2 Å². The van der Waals surface area contributed by atoms with Crippen LogP contribution in [0.4, 0.5) is 0 Å². The van der Waals surface area contributed by atoms with Crippen LogP contribution in [-0.2, 0) is 21.2 Å². The summed E-state index contributed by atoms with van der Waals surface area (Å²) in [6.07, 6.45) is 5.79. The highest BCUT2D eigenvalue weighted by Crippen LogP contribution is 2.22. The van der Waals surface area contributed by atoms with Crippen LogP contribution in [0.15, 0.2) is 47.9 Å². The van der Waals surface area contributed by atoms with Crippen molar-refractivity contribution in [2.45, 2.75) is 30.7 Å². The molecule has 2 aromatic rings. The summed E-state index contributed by atoms with van der Waals surface area (Å²) < 4.78 is 26.5. The van der Waals surface area contributed by atoms with Crippen molar-refractivity contribution in [2.24, 2.45) is 5.92 Å². The molecule has 140 valence electrons. The number of carbonyl (C=O) groups is 1. The number of aryl methyl sites for hydroxylation is 1. The normalized spacial score (nSPS) is 18.5. The van der Waals surface area contributed by atoms with Crippen LogP contribution in [0.3, 0.4) is 0 Å². The summed E-state index contributed by atoms with van der Waals surface area (Å²) in [5.41, 5.74) is 1.25. The van der Waals surface area contributed by atoms with E-state index in [2.05, 4.69) is 27.4 Å². The van der Waals surface area contributed by atoms with Gasteiger partial charge in [-0.25, -0.2) is 13.4 Å². The van der Waals surface area contributed by atoms with Gasteiger partial charge < -0.3 is 10.3 Å². The van der Waals surface area contributed by atoms with E-state index < -0.39 is 10.0 Å². The summed E-state index contributed by atoms with van der Waals surface area (Å²) in [6, 6.07) is 10.1. The van der Waals surface area contributed by atoms with Gasteiger partial charge in [-0.05, 0) is 31.2 Å². The summed E-state index contributed by atoms with van der Waals surface area (Å²) in [4.78, 5) is 18.8. The summed E-state index contributed by atoms with van der Waals surface area (Å²) in [6.45, 7) is 1.24. The average molecular weight is 376 g/mol. The Morgan fingerprint density at radius 1 is 1.31 bits per heavy atom. The number of piperidine rings is 1. The largest absolute Gasteiger partial charge is 0.356 e. The molecule has 1 amide bonds. The van der Waals surface area contributed by atoms with Crippen LogP contribution in [0.1, 0.15) is 24.8 Å². The fraction of sp³-hybridized carbons (Fsp3) is 0.444. The van der Waals surface area contributed by atoms with E-state index in [1.165, 1.54) is 22.4 Å².